The van der Waals surface area contributed by atoms with Crippen LogP contribution in [0.25, 0.3) is 0 Å². The summed E-state index contributed by atoms with van der Waals surface area (Å²) in [5.74, 6) is -2.07. The summed E-state index contributed by atoms with van der Waals surface area (Å²) in [7, 11) is 5.94. The second kappa shape index (κ2) is 48.7. The van der Waals surface area contributed by atoms with Gasteiger partial charge in [-0.05, 0) is 77.0 Å². The Labute approximate surface area is 410 Å². The average molecular weight is 937 g/mol. The maximum Gasteiger partial charge on any atom is 0.361 e. The number of quaternary nitrogens is 1. The number of likely N-dealkylation sites (N-methyl/N-ethyl adjacent to an activating group) is 1. The molecule has 0 saturated carbocycles. The van der Waals surface area contributed by atoms with E-state index in [0.717, 1.165) is 83.5 Å². The van der Waals surface area contributed by atoms with Crippen LogP contribution in [0.5, 0.6) is 0 Å². The summed E-state index contributed by atoms with van der Waals surface area (Å²) in [6, 6.07) is 0. The number of carbonyl (C=O) groups is 3. The topological polar surface area (TPSA) is 108 Å². The van der Waals surface area contributed by atoms with Crippen LogP contribution in [-0.4, -0.2) is 87.4 Å². The lowest BCUT2D eigenvalue weighted by molar-refractivity contribution is -0.870. The number of ether oxygens (including phenoxy) is 4. The number of carbonyl (C=O) groups excluding carboxylic acids is 2. The predicted octanol–water partition coefficient (Wildman–Crippen LogP) is 15.0. The molecule has 9 heteroatoms. The Morgan fingerprint density at radius 3 is 1.27 bits per heavy atom. The molecule has 1 N–H and O–H groups in total. The molecule has 0 aliphatic carbocycles. The zero-order valence-electron chi connectivity index (χ0n) is 43.3. The fourth-order valence-corrected chi connectivity index (χ4v) is 6.79. The van der Waals surface area contributed by atoms with Crippen LogP contribution in [0.2, 0.25) is 0 Å². The molecule has 0 saturated heterocycles. The van der Waals surface area contributed by atoms with Gasteiger partial charge >= 0.3 is 17.9 Å². The van der Waals surface area contributed by atoms with Crippen molar-refractivity contribution in [3.63, 3.8) is 0 Å². The van der Waals surface area contributed by atoms with E-state index in [1.807, 2.05) is 21.1 Å². The molecule has 2 atom stereocenters. The number of allylic oxidation sites excluding steroid dienone is 16. The maximum absolute atomic E-state index is 12.8. The molecule has 0 aliphatic rings. The number of hydrogen-bond acceptors (Lipinski definition) is 7. The van der Waals surface area contributed by atoms with Gasteiger partial charge in [0.15, 0.2) is 6.10 Å². The average Bonchev–Trinajstić information content (AvgIpc) is 3.29. The number of esters is 2. The second-order valence-corrected chi connectivity index (χ2v) is 18.5. The molecule has 9 nitrogen and oxygen atoms in total. The first-order chi connectivity index (χ1) is 32.6. The Morgan fingerprint density at radius 2 is 0.851 bits per heavy atom. The molecule has 67 heavy (non-hydrogen) atoms. The van der Waals surface area contributed by atoms with Gasteiger partial charge in [0.25, 0.3) is 6.29 Å². The van der Waals surface area contributed by atoms with Gasteiger partial charge in [0.2, 0.25) is 0 Å². The highest BCUT2D eigenvalue weighted by atomic mass is 16.7. The minimum absolute atomic E-state index is 0.175. The van der Waals surface area contributed by atoms with Crippen LogP contribution < -0.4 is 0 Å². The quantitative estimate of drug-likeness (QED) is 0.0211. The normalized spacial score (nSPS) is 13.6. The van der Waals surface area contributed by atoms with Crippen molar-refractivity contribution >= 4 is 17.9 Å². The van der Waals surface area contributed by atoms with Crippen molar-refractivity contribution in [1.82, 2.24) is 0 Å². The van der Waals surface area contributed by atoms with Gasteiger partial charge in [0.05, 0.1) is 34.4 Å². The lowest BCUT2D eigenvalue weighted by atomic mass is 10.0. The molecule has 0 radical (unpaired) electrons. The van der Waals surface area contributed by atoms with Crippen LogP contribution in [-0.2, 0) is 33.3 Å². The van der Waals surface area contributed by atoms with Crippen LogP contribution in [0.15, 0.2) is 97.2 Å². The third kappa shape index (κ3) is 49.9. The molecule has 0 bridgehead atoms. The highest BCUT2D eigenvalue weighted by Crippen LogP contribution is 2.15. The van der Waals surface area contributed by atoms with Crippen molar-refractivity contribution in [3.8, 4) is 0 Å². The van der Waals surface area contributed by atoms with Gasteiger partial charge in [-0.3, -0.25) is 9.59 Å². The molecule has 382 valence electrons. The predicted molar refractivity (Wildman–Crippen MR) is 281 cm³/mol. The maximum atomic E-state index is 12.8. The summed E-state index contributed by atoms with van der Waals surface area (Å²) in [4.78, 5) is 37.3. The van der Waals surface area contributed by atoms with E-state index in [1.165, 1.54) is 77.0 Å². The first-order valence-electron chi connectivity index (χ1n) is 26.4. The third-order valence-electron chi connectivity index (χ3n) is 10.9. The summed E-state index contributed by atoms with van der Waals surface area (Å²) in [5.41, 5.74) is 0. The molecule has 0 fully saturated rings. The van der Waals surface area contributed by atoms with Gasteiger partial charge in [0, 0.05) is 12.8 Å². The lowest BCUT2D eigenvalue weighted by Gasteiger charge is -2.25. The highest BCUT2D eigenvalue weighted by Gasteiger charge is 2.25. The second-order valence-electron chi connectivity index (χ2n) is 18.5. The van der Waals surface area contributed by atoms with Gasteiger partial charge in [0.1, 0.15) is 13.2 Å². The Hall–Kier alpha value is -3.79. The molecule has 0 aliphatic heterocycles. The summed E-state index contributed by atoms with van der Waals surface area (Å²) < 4.78 is 22.8. The monoisotopic (exact) mass is 937 g/mol. The van der Waals surface area contributed by atoms with Crippen LogP contribution in [0.3, 0.4) is 0 Å². The fourth-order valence-electron chi connectivity index (χ4n) is 6.79. The van der Waals surface area contributed by atoms with Gasteiger partial charge in [-0.15, -0.1) is 0 Å². The van der Waals surface area contributed by atoms with Crippen LogP contribution in [0.1, 0.15) is 194 Å². The summed E-state index contributed by atoms with van der Waals surface area (Å²) in [5, 5.41) is 9.67. The van der Waals surface area contributed by atoms with Crippen LogP contribution in [0.4, 0.5) is 0 Å². The minimum Gasteiger partial charge on any atom is -0.477 e. The zero-order chi connectivity index (χ0) is 49.2. The number of hydrogen-bond donors (Lipinski definition) is 1. The zero-order valence-corrected chi connectivity index (χ0v) is 43.3. The van der Waals surface area contributed by atoms with Crippen molar-refractivity contribution in [2.75, 3.05) is 47.5 Å². The van der Waals surface area contributed by atoms with Crippen molar-refractivity contribution in [2.24, 2.45) is 0 Å². The van der Waals surface area contributed by atoms with Crippen molar-refractivity contribution < 1.29 is 42.9 Å². The number of aliphatic carboxylic acids is 1. The summed E-state index contributed by atoms with van der Waals surface area (Å²) in [6.07, 6.45) is 61.9. The van der Waals surface area contributed by atoms with Gasteiger partial charge in [-0.2, -0.15) is 0 Å². The number of carboxylic acids is 1. The lowest BCUT2D eigenvalue weighted by Crippen LogP contribution is -2.40. The molecule has 0 amide bonds. The molecule has 0 spiro atoms. The van der Waals surface area contributed by atoms with Crippen molar-refractivity contribution in [1.29, 1.82) is 0 Å². The van der Waals surface area contributed by atoms with E-state index in [1.54, 1.807) is 0 Å². The van der Waals surface area contributed by atoms with Gasteiger partial charge in [-0.25, -0.2) is 4.79 Å². The Morgan fingerprint density at radius 1 is 0.463 bits per heavy atom. The van der Waals surface area contributed by atoms with E-state index in [4.69, 9.17) is 18.9 Å². The van der Waals surface area contributed by atoms with E-state index in [0.29, 0.717) is 23.9 Å². The smallest absolute Gasteiger partial charge is 0.361 e. The van der Waals surface area contributed by atoms with E-state index in [-0.39, 0.29) is 32.2 Å². The van der Waals surface area contributed by atoms with Crippen LogP contribution in [0, 0.1) is 0 Å². The fraction of sp³-hybridized carbons (Fsp3) is 0.672. The van der Waals surface area contributed by atoms with E-state index < -0.39 is 24.3 Å². The van der Waals surface area contributed by atoms with Crippen LogP contribution >= 0.6 is 0 Å². The third-order valence-corrected chi connectivity index (χ3v) is 10.9. The van der Waals surface area contributed by atoms with E-state index >= 15 is 0 Å². The molecule has 2 unspecified atom stereocenters. The largest absolute Gasteiger partial charge is 0.477 e. The molecular weight excluding hydrogens is 839 g/mol. The number of carboxylic acid groups (broad SMARTS) is 1. The number of unbranched alkanes of at least 4 members (excludes halogenated alkanes) is 16. The minimum atomic E-state index is -1.53. The first kappa shape index (κ1) is 63.2. The Bertz CT molecular complexity index is 1420. The van der Waals surface area contributed by atoms with E-state index in [2.05, 4.69) is 111 Å². The summed E-state index contributed by atoms with van der Waals surface area (Å²) >= 11 is 0. The molecular formula is C58H98NO8+. The van der Waals surface area contributed by atoms with Gasteiger partial charge in [-0.1, -0.05) is 201 Å². The van der Waals surface area contributed by atoms with Gasteiger partial charge < -0.3 is 28.5 Å². The SMILES string of the molecule is CC/C=C\C/C=C\C/C=C\C/C=C\C/C=C\C/C=C\C/C=C\C/C=C\CCCCC(=O)OC(COC(=O)CCCCCCCCCCCCCCCCC)COC(OCC[N+](C)(C)C)C(=O)O. The highest BCUT2D eigenvalue weighted by molar-refractivity contribution is 5.71. The number of nitrogens with zero attached hydrogens (tertiary/aromatic N) is 1. The molecule has 0 aromatic rings. The Kier molecular flexibility index (Phi) is 45.9. The molecule has 0 aromatic carbocycles. The summed E-state index contributed by atoms with van der Waals surface area (Å²) in [6.45, 7) is 4.70. The van der Waals surface area contributed by atoms with Crippen molar-refractivity contribution in [2.45, 2.75) is 206 Å². The molecule has 0 rings (SSSR count). The Balaban J connectivity index is 4.43. The van der Waals surface area contributed by atoms with E-state index in [9.17, 15) is 19.5 Å². The standard InChI is InChI=1S/C58H97NO8/c1-6-8-10-12-14-16-18-20-22-23-24-25-26-27-28-29-30-31-32-33-35-37-39-41-43-45-47-49-56(61)67-54(53-66-58(57(62)63)64-51-50-59(3,4)5)52-65-55(60)48-46-44-42-40-38-36-34-21-19-17-15-13-11-9-7-2/h8,10,14,16,20,22,24-25,27-28,30-31,33,35,39,41,54,58H,6-7,9,11-13,15,17-19,21,23,26,29,32,34,36-38,40,42-53H2,1-5H3/p+1/b10-8-,16-14-,22-20-,25-24-,28-27-,31-30-,35-33-,41-39-. The molecule has 0 aromatic heterocycles. The number of rotatable bonds is 47. The van der Waals surface area contributed by atoms with Crippen molar-refractivity contribution in [3.05, 3.63) is 97.2 Å². The molecule has 0 heterocycles. The first-order valence-corrected chi connectivity index (χ1v) is 26.4.